The Balaban J connectivity index is 0.00000288. The van der Waals surface area contributed by atoms with E-state index >= 15 is 0 Å². The van der Waals surface area contributed by atoms with E-state index in [1.54, 1.807) is 11.8 Å². The summed E-state index contributed by atoms with van der Waals surface area (Å²) in [4.78, 5) is 27.8. The molecule has 142 valence electrons. The smallest absolute Gasteiger partial charge is 0.242 e. The monoisotopic (exact) mass is 410 g/mol. The molecule has 0 spiro atoms. The lowest BCUT2D eigenvalue weighted by Crippen LogP contribution is -2.51. The lowest BCUT2D eigenvalue weighted by Gasteiger charge is -2.36. The van der Waals surface area contributed by atoms with Crippen molar-refractivity contribution in [2.75, 3.05) is 44.2 Å². The third-order valence-electron chi connectivity index (χ3n) is 4.04. The maximum Gasteiger partial charge on any atom is 0.242 e. The normalized spacial score (nSPS) is 14.8. The van der Waals surface area contributed by atoms with Gasteiger partial charge in [-0.15, -0.1) is 24.8 Å². The van der Waals surface area contributed by atoms with Crippen molar-refractivity contribution < 1.29 is 9.59 Å². The molecule has 2 rings (SSSR count). The van der Waals surface area contributed by atoms with Gasteiger partial charge in [-0.2, -0.15) is 0 Å². The van der Waals surface area contributed by atoms with Crippen LogP contribution in [0.3, 0.4) is 0 Å². The molecule has 1 aromatic rings. The highest BCUT2D eigenvalue weighted by Gasteiger charge is 2.22. The van der Waals surface area contributed by atoms with E-state index < -0.39 is 0 Å². The fraction of sp³-hybridized carbons (Fsp3) is 0.500. The Morgan fingerprint density at radius 3 is 2.24 bits per heavy atom. The highest BCUT2D eigenvalue weighted by atomic mass is 35.5. The van der Waals surface area contributed by atoms with E-state index in [1.807, 2.05) is 24.3 Å². The van der Waals surface area contributed by atoms with Crippen molar-refractivity contribution in [1.29, 1.82) is 0 Å². The van der Waals surface area contributed by atoms with Gasteiger partial charge >= 0.3 is 0 Å². The largest absolute Gasteiger partial charge is 0.368 e. The minimum Gasteiger partial charge on any atom is -0.368 e. The number of anilines is 1. The highest BCUT2D eigenvalue weighted by molar-refractivity contribution is 6.30. The fourth-order valence-corrected chi connectivity index (χ4v) is 2.55. The second-order valence-corrected chi connectivity index (χ2v) is 6.14. The topological polar surface area (TPSA) is 78.7 Å². The first-order valence-electron chi connectivity index (χ1n) is 7.77. The summed E-state index contributed by atoms with van der Waals surface area (Å²) in [6, 6.07) is 7.69. The standard InChI is InChI=1S/C16H23ClN4O2.2ClH/c1-12(10-18)16(23)19-11-15(22)21-8-6-20(7-9-21)14-4-2-13(17)3-5-14;;/h2-5,12H,6-11,18H2,1H3,(H,19,23);2*1H. The first kappa shape index (κ1) is 23.8. The van der Waals surface area contributed by atoms with Crippen LogP contribution in [0.25, 0.3) is 0 Å². The third-order valence-corrected chi connectivity index (χ3v) is 4.29. The Labute approximate surface area is 165 Å². The van der Waals surface area contributed by atoms with E-state index in [0.717, 1.165) is 18.8 Å². The van der Waals surface area contributed by atoms with E-state index in [9.17, 15) is 9.59 Å². The molecule has 1 aromatic carbocycles. The summed E-state index contributed by atoms with van der Waals surface area (Å²) in [6.45, 7) is 4.86. The molecular weight excluding hydrogens is 387 g/mol. The van der Waals surface area contributed by atoms with Crippen molar-refractivity contribution in [2.24, 2.45) is 11.7 Å². The molecule has 1 atom stereocenters. The number of hydrogen-bond donors (Lipinski definition) is 2. The molecule has 3 N–H and O–H groups in total. The van der Waals surface area contributed by atoms with E-state index in [2.05, 4.69) is 10.2 Å². The zero-order valence-corrected chi connectivity index (χ0v) is 16.5. The second-order valence-electron chi connectivity index (χ2n) is 5.70. The molecule has 1 fully saturated rings. The summed E-state index contributed by atoms with van der Waals surface area (Å²) in [6.07, 6.45) is 0. The van der Waals surface area contributed by atoms with Crippen molar-refractivity contribution in [3.8, 4) is 0 Å². The highest BCUT2D eigenvalue weighted by Crippen LogP contribution is 2.19. The van der Waals surface area contributed by atoms with Gasteiger partial charge in [0.2, 0.25) is 11.8 Å². The SMILES string of the molecule is CC(CN)C(=O)NCC(=O)N1CCN(c2ccc(Cl)cc2)CC1.Cl.Cl. The van der Waals surface area contributed by atoms with Gasteiger partial charge < -0.3 is 20.9 Å². The average molecular weight is 412 g/mol. The van der Waals surface area contributed by atoms with Crippen molar-refractivity contribution >= 4 is 53.9 Å². The van der Waals surface area contributed by atoms with Crippen molar-refractivity contribution in [3.05, 3.63) is 29.3 Å². The van der Waals surface area contributed by atoms with Crippen LogP contribution >= 0.6 is 36.4 Å². The summed E-state index contributed by atoms with van der Waals surface area (Å²) in [5.41, 5.74) is 6.54. The van der Waals surface area contributed by atoms with Gasteiger partial charge in [0.05, 0.1) is 6.54 Å². The number of nitrogens with zero attached hydrogens (tertiary/aromatic N) is 2. The van der Waals surface area contributed by atoms with Crippen LogP contribution < -0.4 is 16.0 Å². The van der Waals surface area contributed by atoms with Gasteiger partial charge in [-0.25, -0.2) is 0 Å². The Hall–Kier alpha value is -1.21. The Bertz CT molecular complexity index is 549. The maximum absolute atomic E-state index is 12.1. The number of carbonyl (C=O) groups is 2. The maximum atomic E-state index is 12.1. The third kappa shape index (κ3) is 6.90. The molecule has 1 aliphatic rings. The zero-order chi connectivity index (χ0) is 16.8. The Kier molecular flexibility index (Phi) is 10.9. The quantitative estimate of drug-likeness (QED) is 0.770. The van der Waals surface area contributed by atoms with Crippen molar-refractivity contribution in [3.63, 3.8) is 0 Å². The Morgan fingerprint density at radius 2 is 1.72 bits per heavy atom. The number of halogens is 3. The summed E-state index contributed by atoms with van der Waals surface area (Å²) in [5, 5.41) is 3.35. The molecule has 0 radical (unpaired) electrons. The van der Waals surface area contributed by atoms with Gasteiger partial charge in [-0.1, -0.05) is 18.5 Å². The van der Waals surface area contributed by atoms with Crippen LogP contribution in [-0.4, -0.2) is 56.0 Å². The van der Waals surface area contributed by atoms with Crippen LogP contribution in [0.2, 0.25) is 5.02 Å². The number of nitrogens with two attached hydrogens (primary N) is 1. The van der Waals surface area contributed by atoms with Crippen LogP contribution in [0, 0.1) is 5.92 Å². The van der Waals surface area contributed by atoms with E-state index in [1.165, 1.54) is 0 Å². The number of carbonyl (C=O) groups excluding carboxylic acids is 2. The van der Waals surface area contributed by atoms with Gasteiger partial charge in [-0.05, 0) is 24.3 Å². The number of benzene rings is 1. The molecule has 0 bridgehead atoms. The predicted molar refractivity (Wildman–Crippen MR) is 106 cm³/mol. The number of piperazine rings is 1. The minimum atomic E-state index is -0.274. The molecule has 1 aliphatic heterocycles. The van der Waals surface area contributed by atoms with Crippen LogP contribution in [0.15, 0.2) is 24.3 Å². The number of rotatable bonds is 5. The Morgan fingerprint density at radius 1 is 1.16 bits per heavy atom. The first-order valence-corrected chi connectivity index (χ1v) is 8.15. The molecule has 1 heterocycles. The zero-order valence-electron chi connectivity index (χ0n) is 14.1. The predicted octanol–water partition coefficient (Wildman–Crippen LogP) is 1.54. The minimum absolute atomic E-state index is 0. The molecule has 0 aromatic heterocycles. The summed E-state index contributed by atoms with van der Waals surface area (Å²) < 4.78 is 0. The number of hydrogen-bond acceptors (Lipinski definition) is 4. The van der Waals surface area contributed by atoms with Crippen LogP contribution in [0.5, 0.6) is 0 Å². The van der Waals surface area contributed by atoms with Gasteiger partial charge in [0.15, 0.2) is 0 Å². The van der Waals surface area contributed by atoms with E-state index in [-0.39, 0.29) is 55.6 Å². The van der Waals surface area contributed by atoms with Crippen LogP contribution in [-0.2, 0) is 9.59 Å². The first-order chi connectivity index (χ1) is 11.0. The van der Waals surface area contributed by atoms with Crippen molar-refractivity contribution in [2.45, 2.75) is 6.92 Å². The van der Waals surface area contributed by atoms with E-state index in [4.69, 9.17) is 17.3 Å². The van der Waals surface area contributed by atoms with Crippen LogP contribution in [0.4, 0.5) is 5.69 Å². The molecule has 2 amide bonds. The van der Waals surface area contributed by atoms with Gasteiger partial charge in [0, 0.05) is 49.4 Å². The van der Waals surface area contributed by atoms with Crippen LogP contribution in [0.1, 0.15) is 6.92 Å². The molecule has 9 heteroatoms. The molecule has 25 heavy (non-hydrogen) atoms. The van der Waals surface area contributed by atoms with Crippen molar-refractivity contribution in [1.82, 2.24) is 10.2 Å². The summed E-state index contributed by atoms with van der Waals surface area (Å²) >= 11 is 5.89. The lowest BCUT2D eigenvalue weighted by molar-refractivity contribution is -0.133. The summed E-state index contributed by atoms with van der Waals surface area (Å²) in [7, 11) is 0. The fourth-order valence-electron chi connectivity index (χ4n) is 2.42. The second kappa shape index (κ2) is 11.4. The molecule has 1 saturated heterocycles. The van der Waals surface area contributed by atoms with Gasteiger partial charge in [-0.3, -0.25) is 9.59 Å². The lowest BCUT2D eigenvalue weighted by atomic mass is 10.2. The van der Waals surface area contributed by atoms with Gasteiger partial charge in [0.25, 0.3) is 0 Å². The number of nitrogens with one attached hydrogen (secondary N) is 1. The van der Waals surface area contributed by atoms with E-state index in [0.29, 0.717) is 18.1 Å². The van der Waals surface area contributed by atoms with Gasteiger partial charge in [0.1, 0.15) is 0 Å². The molecule has 1 unspecified atom stereocenters. The summed E-state index contributed by atoms with van der Waals surface area (Å²) in [5.74, 6) is -0.511. The molecule has 0 aliphatic carbocycles. The molecular formula is C16H25Cl3N4O2. The average Bonchev–Trinajstić information content (AvgIpc) is 2.59. The number of amides is 2. The molecule has 6 nitrogen and oxygen atoms in total. The molecule has 0 saturated carbocycles.